The monoisotopic (exact) mass is 329 g/mol. The largest absolute Gasteiger partial charge is 0.322 e. The second kappa shape index (κ2) is 6.19. The van der Waals surface area contributed by atoms with E-state index in [1.165, 1.54) is 4.57 Å². The van der Waals surface area contributed by atoms with Crippen molar-refractivity contribution in [2.75, 3.05) is 5.32 Å². The van der Waals surface area contributed by atoms with E-state index in [-0.39, 0.29) is 17.8 Å². The van der Waals surface area contributed by atoms with Gasteiger partial charge >= 0.3 is 0 Å². The minimum Gasteiger partial charge on any atom is -0.322 e. The summed E-state index contributed by atoms with van der Waals surface area (Å²) in [4.78, 5) is 28.8. The Kier molecular flexibility index (Phi) is 4.07. The van der Waals surface area contributed by atoms with Crippen molar-refractivity contribution >= 4 is 22.5 Å². The number of nitrogens with zero attached hydrogens (tertiary/aromatic N) is 2. The van der Waals surface area contributed by atoms with Gasteiger partial charge in [0.2, 0.25) is 5.91 Å². The molecule has 0 bridgehead atoms. The lowest BCUT2D eigenvalue weighted by Crippen LogP contribution is -2.30. The molecule has 0 saturated carbocycles. The summed E-state index contributed by atoms with van der Waals surface area (Å²) >= 11 is 0. The van der Waals surface area contributed by atoms with Gasteiger partial charge in [0.05, 0.1) is 16.6 Å². The quantitative estimate of drug-likeness (QED) is 0.803. The molecule has 122 valence electrons. The van der Waals surface area contributed by atoms with E-state index in [4.69, 9.17) is 0 Å². The summed E-state index contributed by atoms with van der Waals surface area (Å²) in [6, 6.07) is 9.53. The number of fused-ring (bicyclic) bond motifs is 1. The molecule has 0 unspecified atom stereocenters. The number of carbonyl (C=O) groups excluding carboxylic acids is 1. The lowest BCUT2D eigenvalue weighted by Gasteiger charge is -2.11. The molecular weight excluding hydrogens is 316 g/mol. The van der Waals surface area contributed by atoms with Crippen molar-refractivity contribution in [3.63, 3.8) is 0 Å². The number of rotatable bonds is 3. The van der Waals surface area contributed by atoms with E-state index >= 15 is 0 Å². The highest BCUT2D eigenvalue weighted by atomic mass is 19.1. The number of aryl methyl sites for hydroxylation is 1. The van der Waals surface area contributed by atoms with Crippen LogP contribution in [0.25, 0.3) is 10.9 Å². The van der Waals surface area contributed by atoms with Crippen LogP contribution in [-0.4, -0.2) is 15.5 Å². The van der Waals surface area contributed by atoms with E-state index < -0.39 is 17.5 Å². The molecule has 24 heavy (non-hydrogen) atoms. The molecule has 0 aliphatic rings. The Hall–Kier alpha value is -3.09. The first kappa shape index (κ1) is 15.8. The van der Waals surface area contributed by atoms with Crippen LogP contribution >= 0.6 is 0 Å². The van der Waals surface area contributed by atoms with E-state index in [1.807, 2.05) is 0 Å². The molecule has 0 radical (unpaired) electrons. The third kappa shape index (κ3) is 3.01. The van der Waals surface area contributed by atoms with Gasteiger partial charge in [-0.05, 0) is 31.2 Å². The number of hydrogen-bond donors (Lipinski definition) is 1. The zero-order valence-electron chi connectivity index (χ0n) is 12.7. The Bertz CT molecular complexity index is 999. The van der Waals surface area contributed by atoms with Crippen molar-refractivity contribution in [3.8, 4) is 0 Å². The van der Waals surface area contributed by atoms with Gasteiger partial charge in [0.1, 0.15) is 24.0 Å². The van der Waals surface area contributed by atoms with Crippen LogP contribution in [-0.2, 0) is 11.3 Å². The summed E-state index contributed by atoms with van der Waals surface area (Å²) in [5, 5.41) is 2.64. The highest BCUT2D eigenvalue weighted by molar-refractivity contribution is 5.91. The molecule has 1 amide bonds. The standard InChI is InChI=1S/C17H13F2N3O2/c1-10-20-14-5-3-2-4-12(14)17(24)22(10)9-16(23)21-15-8-11(18)6-7-13(15)19/h2-8H,9H2,1H3,(H,21,23). The van der Waals surface area contributed by atoms with Crippen molar-refractivity contribution in [3.05, 3.63) is 70.3 Å². The van der Waals surface area contributed by atoms with Gasteiger partial charge in [0.25, 0.3) is 5.56 Å². The zero-order chi connectivity index (χ0) is 17.3. The molecule has 0 aliphatic carbocycles. The molecule has 3 aromatic rings. The number of hydrogen-bond acceptors (Lipinski definition) is 3. The summed E-state index contributed by atoms with van der Waals surface area (Å²) in [6.45, 7) is 1.25. The van der Waals surface area contributed by atoms with Crippen LogP contribution in [0.1, 0.15) is 5.82 Å². The summed E-state index contributed by atoms with van der Waals surface area (Å²) in [7, 11) is 0. The molecule has 2 aromatic carbocycles. The smallest absolute Gasteiger partial charge is 0.261 e. The number of aromatic nitrogens is 2. The number of para-hydroxylation sites is 1. The number of anilines is 1. The average molecular weight is 329 g/mol. The fourth-order valence-corrected chi connectivity index (χ4v) is 2.39. The van der Waals surface area contributed by atoms with Crippen molar-refractivity contribution in [1.29, 1.82) is 0 Å². The Morgan fingerprint density at radius 1 is 1.21 bits per heavy atom. The molecule has 5 nitrogen and oxygen atoms in total. The van der Waals surface area contributed by atoms with Crippen molar-refractivity contribution < 1.29 is 13.6 Å². The Morgan fingerprint density at radius 2 is 1.96 bits per heavy atom. The molecule has 0 aliphatic heterocycles. The van der Waals surface area contributed by atoms with Gasteiger partial charge in [-0.1, -0.05) is 12.1 Å². The molecule has 1 heterocycles. The lowest BCUT2D eigenvalue weighted by molar-refractivity contribution is -0.116. The number of halogens is 2. The SMILES string of the molecule is Cc1nc2ccccc2c(=O)n1CC(=O)Nc1cc(F)ccc1F. The predicted molar refractivity (Wildman–Crippen MR) is 85.7 cm³/mol. The third-order valence-electron chi connectivity index (χ3n) is 3.56. The third-order valence-corrected chi connectivity index (χ3v) is 3.56. The minimum atomic E-state index is -0.759. The molecule has 7 heteroatoms. The zero-order valence-corrected chi connectivity index (χ0v) is 12.7. The van der Waals surface area contributed by atoms with Gasteiger partial charge in [-0.3, -0.25) is 14.2 Å². The average Bonchev–Trinajstić information content (AvgIpc) is 2.55. The normalized spacial score (nSPS) is 10.8. The van der Waals surface area contributed by atoms with Crippen LogP contribution in [0.5, 0.6) is 0 Å². The van der Waals surface area contributed by atoms with Gasteiger partial charge in [-0.25, -0.2) is 13.8 Å². The van der Waals surface area contributed by atoms with Crippen LogP contribution in [0.3, 0.4) is 0 Å². The Balaban J connectivity index is 1.91. The van der Waals surface area contributed by atoms with E-state index in [0.29, 0.717) is 16.7 Å². The van der Waals surface area contributed by atoms with E-state index in [9.17, 15) is 18.4 Å². The summed E-state index contributed by atoms with van der Waals surface area (Å²) < 4.78 is 27.9. The fourth-order valence-electron chi connectivity index (χ4n) is 2.39. The molecule has 1 aromatic heterocycles. The first-order valence-corrected chi connectivity index (χ1v) is 7.17. The minimum absolute atomic E-state index is 0.278. The van der Waals surface area contributed by atoms with Crippen LogP contribution in [0, 0.1) is 18.6 Å². The van der Waals surface area contributed by atoms with Crippen molar-refractivity contribution in [2.45, 2.75) is 13.5 Å². The maximum atomic E-state index is 13.6. The van der Waals surface area contributed by atoms with Gasteiger partial charge in [-0.15, -0.1) is 0 Å². The molecule has 0 spiro atoms. The molecule has 3 rings (SSSR count). The van der Waals surface area contributed by atoms with E-state index in [1.54, 1.807) is 31.2 Å². The molecule has 1 N–H and O–H groups in total. The Morgan fingerprint density at radius 3 is 2.75 bits per heavy atom. The molecule has 0 atom stereocenters. The summed E-state index contributed by atoms with van der Waals surface area (Å²) in [6.07, 6.45) is 0. The highest BCUT2D eigenvalue weighted by Crippen LogP contribution is 2.15. The van der Waals surface area contributed by atoms with Gasteiger partial charge in [-0.2, -0.15) is 0 Å². The first-order chi connectivity index (χ1) is 11.5. The maximum Gasteiger partial charge on any atom is 0.261 e. The Labute approximate surface area is 135 Å². The number of amides is 1. The number of carbonyl (C=O) groups is 1. The maximum absolute atomic E-state index is 13.6. The highest BCUT2D eigenvalue weighted by Gasteiger charge is 2.13. The van der Waals surface area contributed by atoms with Crippen LogP contribution < -0.4 is 10.9 Å². The first-order valence-electron chi connectivity index (χ1n) is 7.17. The second-order valence-corrected chi connectivity index (χ2v) is 5.24. The number of nitrogens with one attached hydrogen (secondary N) is 1. The van der Waals surface area contributed by atoms with Crippen molar-refractivity contribution in [1.82, 2.24) is 9.55 Å². The second-order valence-electron chi connectivity index (χ2n) is 5.24. The van der Waals surface area contributed by atoms with Gasteiger partial charge in [0.15, 0.2) is 0 Å². The summed E-state index contributed by atoms with van der Waals surface area (Å²) in [5.74, 6) is -1.73. The van der Waals surface area contributed by atoms with Gasteiger partial charge in [0, 0.05) is 6.07 Å². The molecular formula is C17H13F2N3O2. The van der Waals surface area contributed by atoms with Crippen LogP contribution in [0.4, 0.5) is 14.5 Å². The van der Waals surface area contributed by atoms with E-state index in [2.05, 4.69) is 10.3 Å². The molecule has 0 saturated heterocycles. The summed E-state index contributed by atoms with van der Waals surface area (Å²) in [5.41, 5.74) is -0.111. The predicted octanol–water partition coefficient (Wildman–Crippen LogP) is 2.62. The van der Waals surface area contributed by atoms with E-state index in [0.717, 1.165) is 18.2 Å². The van der Waals surface area contributed by atoms with Crippen LogP contribution in [0.15, 0.2) is 47.3 Å². The van der Waals surface area contributed by atoms with Crippen LogP contribution in [0.2, 0.25) is 0 Å². The van der Waals surface area contributed by atoms with Crippen molar-refractivity contribution in [2.24, 2.45) is 0 Å². The topological polar surface area (TPSA) is 64.0 Å². The van der Waals surface area contributed by atoms with Gasteiger partial charge < -0.3 is 5.32 Å². The number of benzene rings is 2. The molecule has 0 fully saturated rings. The lowest BCUT2D eigenvalue weighted by atomic mass is 10.2. The fraction of sp³-hybridized carbons (Fsp3) is 0.118.